The van der Waals surface area contributed by atoms with Gasteiger partial charge in [0.2, 0.25) is 0 Å². The van der Waals surface area contributed by atoms with Crippen LogP contribution in [-0.2, 0) is 0 Å². The number of benzene rings is 2. The molecule has 37 heavy (non-hydrogen) atoms. The lowest BCUT2D eigenvalue weighted by molar-refractivity contribution is 0.0827. The molecule has 1 saturated heterocycles. The Bertz CT molecular complexity index is 1500. The normalized spacial score (nSPS) is 15.2. The first-order valence-corrected chi connectivity index (χ1v) is 12.2. The fraction of sp³-hybridized carbons (Fsp3) is 0.276. The maximum absolute atomic E-state index is 12.4. The van der Waals surface area contributed by atoms with E-state index in [0.29, 0.717) is 45.0 Å². The molecule has 0 radical (unpaired) electrons. The van der Waals surface area contributed by atoms with Crippen LogP contribution in [0.1, 0.15) is 28.8 Å². The molecule has 8 heteroatoms. The summed E-state index contributed by atoms with van der Waals surface area (Å²) >= 11 is 0. The molecule has 3 heterocycles. The second-order valence-corrected chi connectivity index (χ2v) is 9.21. The number of nitrogens with one attached hydrogen (secondary N) is 1. The van der Waals surface area contributed by atoms with Gasteiger partial charge in [0.05, 0.1) is 18.2 Å². The van der Waals surface area contributed by atoms with Crippen LogP contribution in [0.4, 0.5) is 0 Å². The minimum absolute atomic E-state index is 0.0568. The Hall–Kier alpha value is -4.35. The van der Waals surface area contributed by atoms with Crippen molar-refractivity contribution in [1.82, 2.24) is 15.2 Å². The number of furan rings is 1. The molecule has 0 saturated carbocycles. The molecule has 0 spiro atoms. The summed E-state index contributed by atoms with van der Waals surface area (Å²) < 4.78 is 18.0. The zero-order valence-corrected chi connectivity index (χ0v) is 21.1. The fourth-order valence-corrected chi connectivity index (χ4v) is 4.57. The standard InChI is InChI=1S/C29H28N4O4/c1-33(2)29(34)19-6-8-23(26(14-19)35-3)27-15-24-28(37-27)22(10-12-32-24)18-7-9-25(20(13-18)16-30)36-21-5-4-11-31-17-21/h6-10,12-15,21,31H,4-5,11,17H2,1-3H3/t21-/m0/s1. The van der Waals surface area contributed by atoms with Crippen molar-refractivity contribution in [3.05, 3.63) is 65.9 Å². The van der Waals surface area contributed by atoms with Gasteiger partial charge in [0.15, 0.2) is 5.58 Å². The fourth-order valence-electron chi connectivity index (χ4n) is 4.57. The minimum atomic E-state index is -0.112. The monoisotopic (exact) mass is 496 g/mol. The Morgan fingerprint density at radius 3 is 2.73 bits per heavy atom. The first-order valence-electron chi connectivity index (χ1n) is 12.2. The second kappa shape index (κ2) is 10.3. The zero-order valence-electron chi connectivity index (χ0n) is 21.1. The number of hydrogen-bond acceptors (Lipinski definition) is 7. The van der Waals surface area contributed by atoms with Crippen LogP contribution in [0, 0.1) is 11.3 Å². The molecule has 1 fully saturated rings. The van der Waals surface area contributed by atoms with Crippen LogP contribution in [-0.4, -0.2) is 56.2 Å². The van der Waals surface area contributed by atoms with Gasteiger partial charge in [-0.15, -0.1) is 0 Å². The molecule has 1 N–H and O–H groups in total. The molecule has 1 aliphatic rings. The first kappa shape index (κ1) is 24.3. The number of amides is 1. The van der Waals surface area contributed by atoms with Crippen molar-refractivity contribution in [2.75, 3.05) is 34.3 Å². The zero-order chi connectivity index (χ0) is 25.9. The van der Waals surface area contributed by atoms with E-state index in [1.54, 1.807) is 39.5 Å². The number of piperidine rings is 1. The number of carbonyl (C=O) groups excluding carboxylic acids is 1. The van der Waals surface area contributed by atoms with Gasteiger partial charge in [-0.3, -0.25) is 9.78 Å². The van der Waals surface area contributed by atoms with Gasteiger partial charge in [-0.25, -0.2) is 0 Å². The van der Waals surface area contributed by atoms with Gasteiger partial charge < -0.3 is 24.1 Å². The molecular formula is C29H28N4O4. The average molecular weight is 497 g/mol. The lowest BCUT2D eigenvalue weighted by atomic mass is 10.0. The Kier molecular flexibility index (Phi) is 6.80. The maximum Gasteiger partial charge on any atom is 0.253 e. The molecule has 8 nitrogen and oxygen atoms in total. The minimum Gasteiger partial charge on any atom is -0.496 e. The van der Waals surface area contributed by atoms with E-state index in [4.69, 9.17) is 13.9 Å². The number of rotatable bonds is 6. The maximum atomic E-state index is 12.4. The topological polar surface area (TPSA) is 101 Å². The number of fused-ring (bicyclic) bond motifs is 1. The predicted molar refractivity (Wildman–Crippen MR) is 141 cm³/mol. The first-order chi connectivity index (χ1) is 18.0. The highest BCUT2D eigenvalue weighted by atomic mass is 16.5. The van der Waals surface area contributed by atoms with Gasteiger partial charge in [-0.1, -0.05) is 6.07 Å². The molecule has 5 rings (SSSR count). The third kappa shape index (κ3) is 4.86. The van der Waals surface area contributed by atoms with E-state index < -0.39 is 0 Å². The summed E-state index contributed by atoms with van der Waals surface area (Å²) in [5.41, 5.74) is 4.63. The summed E-state index contributed by atoms with van der Waals surface area (Å²) in [5.74, 6) is 1.57. The van der Waals surface area contributed by atoms with Crippen molar-refractivity contribution in [1.29, 1.82) is 5.26 Å². The number of hydrogen-bond donors (Lipinski definition) is 1. The predicted octanol–water partition coefficient (Wildman–Crippen LogP) is 4.87. The molecule has 0 aliphatic carbocycles. The average Bonchev–Trinajstić information content (AvgIpc) is 3.37. The van der Waals surface area contributed by atoms with Gasteiger partial charge in [0.25, 0.3) is 5.91 Å². The second-order valence-electron chi connectivity index (χ2n) is 9.21. The van der Waals surface area contributed by atoms with Crippen molar-refractivity contribution in [2.45, 2.75) is 18.9 Å². The summed E-state index contributed by atoms with van der Waals surface area (Å²) in [7, 11) is 4.98. The lowest BCUT2D eigenvalue weighted by Crippen LogP contribution is -2.37. The summed E-state index contributed by atoms with van der Waals surface area (Å²) in [5, 5.41) is 13.1. The van der Waals surface area contributed by atoms with Crippen molar-refractivity contribution in [3.8, 4) is 40.0 Å². The van der Waals surface area contributed by atoms with Crippen LogP contribution in [0.2, 0.25) is 0 Å². The van der Waals surface area contributed by atoms with E-state index in [1.165, 1.54) is 4.90 Å². The van der Waals surface area contributed by atoms with E-state index >= 15 is 0 Å². The van der Waals surface area contributed by atoms with Gasteiger partial charge in [0.1, 0.15) is 34.9 Å². The van der Waals surface area contributed by atoms with Crippen molar-refractivity contribution in [2.24, 2.45) is 0 Å². The highest BCUT2D eigenvalue weighted by Gasteiger charge is 2.20. The number of aromatic nitrogens is 1. The molecule has 2 aromatic heterocycles. The lowest BCUT2D eigenvalue weighted by Gasteiger charge is -2.24. The van der Waals surface area contributed by atoms with Crippen LogP contribution in [0.15, 0.2) is 59.1 Å². The van der Waals surface area contributed by atoms with Crippen LogP contribution < -0.4 is 14.8 Å². The molecule has 1 amide bonds. The van der Waals surface area contributed by atoms with Gasteiger partial charge in [0, 0.05) is 44.0 Å². The SMILES string of the molecule is COc1cc(C(=O)N(C)C)ccc1-c1cc2nccc(-c3ccc(O[C@H]4CCCNC4)c(C#N)c3)c2o1. The van der Waals surface area contributed by atoms with E-state index in [1.807, 2.05) is 36.4 Å². The number of nitriles is 1. The van der Waals surface area contributed by atoms with Gasteiger partial charge in [-0.2, -0.15) is 5.26 Å². The van der Waals surface area contributed by atoms with Crippen molar-refractivity contribution >= 4 is 17.0 Å². The number of pyridine rings is 1. The van der Waals surface area contributed by atoms with E-state index in [9.17, 15) is 10.1 Å². The summed E-state index contributed by atoms with van der Waals surface area (Å²) in [6.07, 6.45) is 3.80. The number of ether oxygens (including phenoxy) is 2. The summed E-state index contributed by atoms with van der Waals surface area (Å²) in [6, 6.07) is 16.9. The van der Waals surface area contributed by atoms with Crippen LogP contribution in [0.25, 0.3) is 33.6 Å². The summed E-state index contributed by atoms with van der Waals surface area (Å²) in [4.78, 5) is 18.4. The van der Waals surface area contributed by atoms with Crippen molar-refractivity contribution < 1.29 is 18.7 Å². The quantitative estimate of drug-likeness (QED) is 0.406. The molecule has 1 aliphatic heterocycles. The Balaban J connectivity index is 1.51. The Morgan fingerprint density at radius 1 is 1.14 bits per heavy atom. The van der Waals surface area contributed by atoms with Crippen molar-refractivity contribution in [3.63, 3.8) is 0 Å². The molecule has 0 bridgehead atoms. The third-order valence-corrected chi connectivity index (χ3v) is 6.49. The van der Waals surface area contributed by atoms with E-state index in [0.717, 1.165) is 37.1 Å². The highest BCUT2D eigenvalue weighted by Crippen LogP contribution is 2.38. The van der Waals surface area contributed by atoms with E-state index in [2.05, 4.69) is 16.4 Å². The molecule has 1 atom stereocenters. The van der Waals surface area contributed by atoms with Crippen LogP contribution in [0.5, 0.6) is 11.5 Å². The van der Waals surface area contributed by atoms with Crippen LogP contribution >= 0.6 is 0 Å². The Labute approximate surface area is 215 Å². The number of methoxy groups -OCH3 is 1. The summed E-state index contributed by atoms with van der Waals surface area (Å²) in [6.45, 7) is 1.78. The third-order valence-electron chi connectivity index (χ3n) is 6.49. The largest absolute Gasteiger partial charge is 0.496 e. The smallest absolute Gasteiger partial charge is 0.253 e. The number of nitrogens with zero attached hydrogens (tertiary/aromatic N) is 3. The molecule has 188 valence electrons. The molecule has 0 unspecified atom stereocenters. The Morgan fingerprint density at radius 2 is 2.00 bits per heavy atom. The number of carbonyl (C=O) groups is 1. The highest BCUT2D eigenvalue weighted by molar-refractivity contribution is 5.96. The van der Waals surface area contributed by atoms with E-state index in [-0.39, 0.29) is 12.0 Å². The van der Waals surface area contributed by atoms with Gasteiger partial charge in [-0.05, 0) is 61.3 Å². The van der Waals surface area contributed by atoms with Gasteiger partial charge >= 0.3 is 0 Å². The molecular weight excluding hydrogens is 468 g/mol. The van der Waals surface area contributed by atoms with Crippen LogP contribution in [0.3, 0.4) is 0 Å². The molecule has 2 aromatic carbocycles. The molecule has 4 aromatic rings.